The Kier molecular flexibility index (Phi) is 4.48. The SMILES string of the molecule is CN1CCC(NC(=O)c2cnc3[nH]cc(-c4ccc5ncccc5c4)c3c2)CC1. The van der Waals surface area contributed by atoms with Crippen LogP contribution in [-0.4, -0.2) is 51.9 Å². The summed E-state index contributed by atoms with van der Waals surface area (Å²) in [6, 6.07) is 12.4. The Bertz CT molecular complexity index is 1190. The molecule has 0 atom stereocenters. The third-order valence-corrected chi connectivity index (χ3v) is 5.76. The van der Waals surface area contributed by atoms with Crippen molar-refractivity contribution in [3.05, 3.63) is 60.6 Å². The summed E-state index contributed by atoms with van der Waals surface area (Å²) in [6.07, 6.45) is 7.37. The summed E-state index contributed by atoms with van der Waals surface area (Å²) >= 11 is 0. The predicted octanol–water partition coefficient (Wildman–Crippen LogP) is 3.60. The van der Waals surface area contributed by atoms with Crippen LogP contribution in [0.1, 0.15) is 23.2 Å². The Labute approximate surface area is 169 Å². The van der Waals surface area contributed by atoms with E-state index in [9.17, 15) is 4.79 Å². The van der Waals surface area contributed by atoms with Gasteiger partial charge in [-0.2, -0.15) is 0 Å². The van der Waals surface area contributed by atoms with E-state index in [0.717, 1.165) is 59.0 Å². The molecule has 1 aliphatic heterocycles. The summed E-state index contributed by atoms with van der Waals surface area (Å²) in [5, 5.41) is 5.21. The summed E-state index contributed by atoms with van der Waals surface area (Å²) in [5.41, 5.74) is 4.45. The molecule has 1 saturated heterocycles. The number of aromatic amines is 1. The molecule has 6 nitrogen and oxygen atoms in total. The van der Waals surface area contributed by atoms with Gasteiger partial charge in [-0.3, -0.25) is 9.78 Å². The van der Waals surface area contributed by atoms with Crippen molar-refractivity contribution in [2.75, 3.05) is 20.1 Å². The molecular formula is C23H23N5O. The number of benzene rings is 1. The highest BCUT2D eigenvalue weighted by atomic mass is 16.1. The maximum absolute atomic E-state index is 12.8. The van der Waals surface area contributed by atoms with Crippen LogP contribution < -0.4 is 5.32 Å². The standard InChI is InChI=1S/C23H23N5O/c1-28-9-6-18(7-10-28)27-23(29)17-12-19-20(14-26-22(19)25-13-17)15-4-5-21-16(11-15)3-2-8-24-21/h2-5,8,11-14,18H,6-7,9-10H2,1H3,(H,25,26)(H,27,29). The van der Waals surface area contributed by atoms with Gasteiger partial charge in [0, 0.05) is 41.0 Å². The molecule has 0 radical (unpaired) electrons. The lowest BCUT2D eigenvalue weighted by molar-refractivity contribution is 0.0916. The number of hydrogen-bond donors (Lipinski definition) is 2. The zero-order valence-corrected chi connectivity index (χ0v) is 16.4. The number of fused-ring (bicyclic) bond motifs is 2. The van der Waals surface area contributed by atoms with Gasteiger partial charge in [-0.05, 0) is 62.8 Å². The molecule has 0 spiro atoms. The smallest absolute Gasteiger partial charge is 0.253 e. The summed E-state index contributed by atoms with van der Waals surface area (Å²) < 4.78 is 0. The second-order valence-electron chi connectivity index (χ2n) is 7.78. The predicted molar refractivity (Wildman–Crippen MR) is 115 cm³/mol. The van der Waals surface area contributed by atoms with Crippen molar-refractivity contribution < 1.29 is 4.79 Å². The minimum Gasteiger partial charge on any atom is -0.349 e. The first-order chi connectivity index (χ1) is 14.2. The van der Waals surface area contributed by atoms with Gasteiger partial charge in [0.05, 0.1) is 11.1 Å². The quantitative estimate of drug-likeness (QED) is 0.565. The number of nitrogens with one attached hydrogen (secondary N) is 2. The molecule has 2 N–H and O–H groups in total. The number of pyridine rings is 2. The zero-order valence-electron chi connectivity index (χ0n) is 16.4. The van der Waals surface area contributed by atoms with Crippen LogP contribution in [-0.2, 0) is 0 Å². The lowest BCUT2D eigenvalue weighted by Gasteiger charge is -2.29. The van der Waals surface area contributed by atoms with E-state index in [1.807, 2.05) is 24.4 Å². The van der Waals surface area contributed by atoms with Crippen molar-refractivity contribution in [2.45, 2.75) is 18.9 Å². The third-order valence-electron chi connectivity index (χ3n) is 5.76. The molecule has 0 unspecified atom stereocenters. The van der Waals surface area contributed by atoms with Crippen molar-refractivity contribution in [1.82, 2.24) is 25.2 Å². The maximum Gasteiger partial charge on any atom is 0.253 e. The number of H-pyrrole nitrogens is 1. The molecule has 3 aromatic heterocycles. The number of aromatic nitrogens is 3. The van der Waals surface area contributed by atoms with Crippen LogP contribution >= 0.6 is 0 Å². The van der Waals surface area contributed by atoms with Crippen LogP contribution in [0.4, 0.5) is 0 Å². The van der Waals surface area contributed by atoms with Crippen molar-refractivity contribution in [3.8, 4) is 11.1 Å². The van der Waals surface area contributed by atoms with E-state index in [4.69, 9.17) is 0 Å². The van der Waals surface area contributed by atoms with Crippen molar-refractivity contribution in [2.24, 2.45) is 0 Å². The first kappa shape index (κ1) is 17.8. The normalized spacial score (nSPS) is 15.8. The Balaban J connectivity index is 1.46. The lowest BCUT2D eigenvalue weighted by atomic mass is 10.0. The van der Waals surface area contributed by atoms with E-state index in [1.165, 1.54) is 0 Å². The van der Waals surface area contributed by atoms with Crippen molar-refractivity contribution in [1.29, 1.82) is 0 Å². The Hall–Kier alpha value is -3.25. The van der Waals surface area contributed by atoms with Crippen molar-refractivity contribution in [3.63, 3.8) is 0 Å². The summed E-state index contributed by atoms with van der Waals surface area (Å²) in [6.45, 7) is 2.03. The van der Waals surface area contributed by atoms with Gasteiger partial charge in [0.25, 0.3) is 5.91 Å². The van der Waals surface area contributed by atoms with Crippen LogP contribution in [0.25, 0.3) is 33.1 Å². The van der Waals surface area contributed by atoms with Gasteiger partial charge in [-0.25, -0.2) is 4.98 Å². The summed E-state index contributed by atoms with van der Waals surface area (Å²) in [5.74, 6) is -0.0520. The van der Waals surface area contributed by atoms with Crippen LogP contribution in [0.2, 0.25) is 0 Å². The Morgan fingerprint density at radius 3 is 2.90 bits per heavy atom. The van der Waals surface area contributed by atoms with Gasteiger partial charge < -0.3 is 15.2 Å². The first-order valence-corrected chi connectivity index (χ1v) is 9.99. The average Bonchev–Trinajstić information content (AvgIpc) is 3.18. The number of nitrogens with zero attached hydrogens (tertiary/aromatic N) is 3. The highest BCUT2D eigenvalue weighted by Gasteiger charge is 2.20. The summed E-state index contributed by atoms with van der Waals surface area (Å²) in [7, 11) is 2.12. The average molecular weight is 385 g/mol. The lowest BCUT2D eigenvalue weighted by Crippen LogP contribution is -2.43. The van der Waals surface area contributed by atoms with E-state index < -0.39 is 0 Å². The van der Waals surface area contributed by atoms with Gasteiger partial charge in [-0.15, -0.1) is 0 Å². The number of carbonyl (C=O) groups excluding carboxylic acids is 1. The zero-order chi connectivity index (χ0) is 19.8. The largest absolute Gasteiger partial charge is 0.349 e. The van der Waals surface area contributed by atoms with E-state index in [0.29, 0.717) is 5.56 Å². The highest BCUT2D eigenvalue weighted by molar-refractivity contribution is 6.02. The van der Waals surface area contributed by atoms with Gasteiger partial charge >= 0.3 is 0 Å². The molecule has 6 heteroatoms. The van der Waals surface area contributed by atoms with E-state index >= 15 is 0 Å². The minimum atomic E-state index is -0.0520. The fourth-order valence-electron chi connectivity index (χ4n) is 4.03. The molecule has 0 bridgehead atoms. The number of likely N-dealkylation sites (tertiary alicyclic amines) is 1. The first-order valence-electron chi connectivity index (χ1n) is 9.99. The fourth-order valence-corrected chi connectivity index (χ4v) is 4.03. The van der Waals surface area contributed by atoms with Crippen LogP contribution in [0.5, 0.6) is 0 Å². The fraction of sp³-hybridized carbons (Fsp3) is 0.261. The molecule has 1 aromatic carbocycles. The highest BCUT2D eigenvalue weighted by Crippen LogP contribution is 2.30. The van der Waals surface area contributed by atoms with Gasteiger partial charge in [0.1, 0.15) is 5.65 Å². The van der Waals surface area contributed by atoms with Crippen LogP contribution in [0, 0.1) is 0 Å². The molecule has 5 rings (SSSR count). The molecule has 146 valence electrons. The topological polar surface area (TPSA) is 73.9 Å². The van der Waals surface area contributed by atoms with Crippen LogP contribution in [0.3, 0.4) is 0 Å². The molecule has 4 heterocycles. The molecule has 1 aliphatic rings. The van der Waals surface area contributed by atoms with E-state index in [-0.39, 0.29) is 11.9 Å². The van der Waals surface area contributed by atoms with E-state index in [2.05, 4.69) is 50.4 Å². The number of rotatable bonds is 3. The molecule has 1 amide bonds. The molecule has 0 saturated carbocycles. The van der Waals surface area contributed by atoms with Gasteiger partial charge in [-0.1, -0.05) is 12.1 Å². The molecule has 1 fully saturated rings. The third kappa shape index (κ3) is 3.47. The van der Waals surface area contributed by atoms with E-state index in [1.54, 1.807) is 12.4 Å². The van der Waals surface area contributed by atoms with Crippen molar-refractivity contribution >= 4 is 27.8 Å². The minimum absolute atomic E-state index is 0.0520. The molecule has 0 aliphatic carbocycles. The number of hydrogen-bond acceptors (Lipinski definition) is 4. The molecule has 4 aromatic rings. The Morgan fingerprint density at radius 1 is 1.17 bits per heavy atom. The molecule has 29 heavy (non-hydrogen) atoms. The van der Waals surface area contributed by atoms with Gasteiger partial charge in [0.15, 0.2) is 0 Å². The number of amides is 1. The summed E-state index contributed by atoms with van der Waals surface area (Å²) in [4.78, 5) is 27.2. The van der Waals surface area contributed by atoms with Crippen LogP contribution in [0.15, 0.2) is 55.0 Å². The molecular weight excluding hydrogens is 362 g/mol. The number of piperidine rings is 1. The number of carbonyl (C=O) groups is 1. The second-order valence-corrected chi connectivity index (χ2v) is 7.78. The maximum atomic E-state index is 12.8. The van der Waals surface area contributed by atoms with Gasteiger partial charge in [0.2, 0.25) is 0 Å². The Morgan fingerprint density at radius 2 is 2.03 bits per heavy atom. The monoisotopic (exact) mass is 385 g/mol. The second kappa shape index (κ2) is 7.29.